The number of piperazine rings is 1. The first-order chi connectivity index (χ1) is 20.6. The van der Waals surface area contributed by atoms with Crippen LogP contribution < -0.4 is 10.1 Å². The molecule has 0 saturated carbocycles. The Kier molecular flexibility index (Phi) is 11.2. The first-order valence-corrected chi connectivity index (χ1v) is 16.3. The van der Waals surface area contributed by atoms with Gasteiger partial charge in [-0.1, -0.05) is 43.2 Å². The van der Waals surface area contributed by atoms with Gasteiger partial charge in [-0.25, -0.2) is 22.3 Å². The van der Waals surface area contributed by atoms with Crippen LogP contribution in [0.2, 0.25) is 0 Å². The van der Waals surface area contributed by atoms with Gasteiger partial charge in [-0.05, 0) is 69.6 Å². The largest absolute Gasteiger partial charge is 0.464 e. The van der Waals surface area contributed by atoms with Gasteiger partial charge in [0.25, 0.3) is 15.9 Å². The minimum atomic E-state index is -4.43. The Morgan fingerprint density at radius 1 is 1.02 bits per heavy atom. The number of hydrogen-bond acceptors (Lipinski definition) is 9. The molecule has 0 unspecified atom stereocenters. The van der Waals surface area contributed by atoms with E-state index in [4.69, 9.17) is 9.47 Å². The molecular weight excluding hydrogens is 572 g/mol. The molecule has 0 aromatic heterocycles. The lowest BCUT2D eigenvalue weighted by Gasteiger charge is -2.32. The fourth-order valence-electron chi connectivity index (χ4n) is 5.06. The van der Waals surface area contributed by atoms with E-state index in [2.05, 4.69) is 10.2 Å². The molecule has 2 saturated heterocycles. The second kappa shape index (κ2) is 14.8. The first kappa shape index (κ1) is 32.4. The highest BCUT2D eigenvalue weighted by atomic mass is 32.2. The number of carbonyl (C=O) groups is 3. The van der Waals surface area contributed by atoms with Gasteiger partial charge in [-0.3, -0.25) is 4.79 Å². The summed E-state index contributed by atoms with van der Waals surface area (Å²) in [6, 6.07) is 10.5. The molecule has 0 aliphatic carbocycles. The number of esters is 1. The van der Waals surface area contributed by atoms with Crippen LogP contribution in [0.4, 0.5) is 4.79 Å². The Morgan fingerprint density at radius 2 is 1.70 bits per heavy atom. The summed E-state index contributed by atoms with van der Waals surface area (Å²) in [6.07, 6.45) is 2.01. The smallest absolute Gasteiger partial charge is 0.415 e. The highest BCUT2D eigenvalue weighted by molar-refractivity contribution is 7.89. The lowest BCUT2D eigenvalue weighted by Crippen LogP contribution is -2.55. The molecule has 4 rings (SSSR count). The van der Waals surface area contributed by atoms with Crippen LogP contribution >= 0.6 is 0 Å². The summed E-state index contributed by atoms with van der Waals surface area (Å²) >= 11 is 0. The molecular formula is C31H42N4O7S. The zero-order chi connectivity index (χ0) is 31.0. The number of unbranched alkanes of at least 4 members (excludes halogenated alkanes) is 1. The van der Waals surface area contributed by atoms with E-state index >= 15 is 0 Å². The number of hydrogen-bond donors (Lipinski definition) is 1. The van der Waals surface area contributed by atoms with Gasteiger partial charge in [-0.2, -0.15) is 0 Å². The number of nitrogens with zero attached hydrogens (tertiary/aromatic N) is 3. The van der Waals surface area contributed by atoms with Gasteiger partial charge in [0, 0.05) is 32.6 Å². The molecule has 2 aliphatic heterocycles. The van der Waals surface area contributed by atoms with E-state index in [0.29, 0.717) is 43.8 Å². The Labute approximate surface area is 254 Å². The second-order valence-electron chi connectivity index (χ2n) is 11.1. The van der Waals surface area contributed by atoms with E-state index in [1.165, 1.54) is 12.1 Å². The summed E-state index contributed by atoms with van der Waals surface area (Å²) in [7, 11) is -2.43. The van der Waals surface area contributed by atoms with E-state index in [0.717, 1.165) is 35.8 Å². The molecule has 2 fully saturated rings. The normalized spacial score (nSPS) is 18.2. The van der Waals surface area contributed by atoms with Crippen LogP contribution in [0.25, 0.3) is 0 Å². The van der Waals surface area contributed by atoms with Crippen molar-refractivity contribution in [2.75, 3.05) is 46.4 Å². The average Bonchev–Trinajstić information content (AvgIpc) is 3.53. The minimum Gasteiger partial charge on any atom is -0.464 e. The molecule has 2 amide bonds. The molecule has 2 aliphatic rings. The van der Waals surface area contributed by atoms with Gasteiger partial charge in [0.1, 0.15) is 11.8 Å². The number of benzene rings is 2. The maximum absolute atomic E-state index is 14.1. The van der Waals surface area contributed by atoms with Crippen molar-refractivity contribution in [3.8, 4) is 5.75 Å². The van der Waals surface area contributed by atoms with Crippen LogP contribution in [0, 0.1) is 6.92 Å². The molecule has 2 aromatic carbocycles. The van der Waals surface area contributed by atoms with Gasteiger partial charge >= 0.3 is 12.1 Å². The van der Waals surface area contributed by atoms with Crippen LogP contribution in [-0.2, 0) is 30.8 Å². The van der Waals surface area contributed by atoms with E-state index in [1.807, 2.05) is 20.9 Å². The number of aryl methyl sites for hydroxylation is 1. The van der Waals surface area contributed by atoms with Crippen molar-refractivity contribution in [2.24, 2.45) is 0 Å². The fourth-order valence-corrected chi connectivity index (χ4v) is 6.63. The zero-order valence-corrected chi connectivity index (χ0v) is 26.0. The topological polar surface area (TPSA) is 126 Å². The van der Waals surface area contributed by atoms with E-state index in [-0.39, 0.29) is 17.9 Å². The predicted octanol–water partition coefficient (Wildman–Crippen LogP) is 2.97. The second-order valence-corrected chi connectivity index (χ2v) is 13.0. The Morgan fingerprint density at radius 3 is 2.30 bits per heavy atom. The zero-order valence-electron chi connectivity index (χ0n) is 25.2. The van der Waals surface area contributed by atoms with E-state index < -0.39 is 40.1 Å². The number of rotatable bonds is 11. The van der Waals surface area contributed by atoms with Crippen LogP contribution in [-0.4, -0.2) is 99.0 Å². The highest BCUT2D eigenvalue weighted by Crippen LogP contribution is 2.26. The average molecular weight is 615 g/mol. The van der Waals surface area contributed by atoms with Crippen molar-refractivity contribution in [1.82, 2.24) is 19.4 Å². The summed E-state index contributed by atoms with van der Waals surface area (Å²) in [5.74, 6) is -1.15. The summed E-state index contributed by atoms with van der Waals surface area (Å²) in [4.78, 5) is 43.7. The number of sulfonamides is 1. The molecule has 1 N–H and O–H groups in total. The molecule has 43 heavy (non-hydrogen) atoms. The highest BCUT2D eigenvalue weighted by Gasteiger charge is 2.43. The fraction of sp³-hybridized carbons (Fsp3) is 0.516. The number of nitrogens with one attached hydrogen (secondary N) is 1. The van der Waals surface area contributed by atoms with Gasteiger partial charge < -0.3 is 24.6 Å². The van der Waals surface area contributed by atoms with Crippen LogP contribution in [0.15, 0.2) is 53.4 Å². The number of amides is 2. The standard InChI is InChI=1S/C31H42N4O7S/c1-4-5-21-41-30(37)28(22-24-10-12-25(13-11-24)42-31(38)34-19-17-33(3)18-20-34)35(29(36)27-7-6-16-32-27)43(39,40)26-14-8-23(2)9-15-26/h8-15,27-28,32H,4-7,16-22H2,1-3H3/t27-,28-/m0/s1. The lowest BCUT2D eigenvalue weighted by atomic mass is 10.0. The molecule has 12 heteroatoms. The molecule has 11 nitrogen and oxygen atoms in total. The van der Waals surface area contributed by atoms with Gasteiger partial charge in [-0.15, -0.1) is 0 Å². The third kappa shape index (κ3) is 8.33. The Hall–Kier alpha value is -3.48. The maximum Gasteiger partial charge on any atom is 0.415 e. The monoisotopic (exact) mass is 614 g/mol. The van der Waals surface area contributed by atoms with Crippen molar-refractivity contribution in [1.29, 1.82) is 0 Å². The molecule has 2 atom stereocenters. The predicted molar refractivity (Wildman–Crippen MR) is 161 cm³/mol. The van der Waals surface area contributed by atoms with Gasteiger partial charge in [0.05, 0.1) is 17.5 Å². The number of ether oxygens (including phenoxy) is 2. The van der Waals surface area contributed by atoms with Gasteiger partial charge in [0.15, 0.2) is 0 Å². The molecule has 0 bridgehead atoms. The van der Waals surface area contributed by atoms with Crippen LogP contribution in [0.1, 0.15) is 43.7 Å². The Bertz CT molecular complexity index is 1350. The minimum absolute atomic E-state index is 0.0815. The SMILES string of the molecule is CCCCOC(=O)[C@H](Cc1ccc(OC(=O)N2CCN(C)CC2)cc1)N(C(=O)[C@@H]1CCCN1)S(=O)(=O)c1ccc(C)cc1. The van der Waals surface area contributed by atoms with E-state index in [9.17, 15) is 22.8 Å². The number of likely N-dealkylation sites (N-methyl/N-ethyl adjacent to an activating group) is 1. The molecule has 0 radical (unpaired) electrons. The summed E-state index contributed by atoms with van der Waals surface area (Å²) in [5, 5.41) is 3.07. The van der Waals surface area contributed by atoms with Crippen LogP contribution in [0.3, 0.4) is 0 Å². The van der Waals surface area contributed by atoms with Gasteiger partial charge in [0.2, 0.25) is 0 Å². The van der Waals surface area contributed by atoms with Crippen molar-refractivity contribution in [2.45, 2.75) is 62.9 Å². The van der Waals surface area contributed by atoms with E-state index in [1.54, 1.807) is 41.3 Å². The molecule has 0 spiro atoms. The first-order valence-electron chi connectivity index (χ1n) is 14.9. The summed E-state index contributed by atoms with van der Waals surface area (Å²) in [5.41, 5.74) is 1.44. The molecule has 234 valence electrons. The third-order valence-corrected chi connectivity index (χ3v) is 9.59. The van der Waals surface area contributed by atoms with Crippen molar-refractivity contribution in [3.05, 3.63) is 59.7 Å². The maximum atomic E-state index is 14.1. The quantitative estimate of drug-likeness (QED) is 0.300. The molecule has 2 heterocycles. The summed E-state index contributed by atoms with van der Waals surface area (Å²) in [6.45, 7) is 7.15. The van der Waals surface area contributed by atoms with Crippen molar-refractivity contribution >= 4 is 28.0 Å². The van der Waals surface area contributed by atoms with Crippen LogP contribution in [0.5, 0.6) is 5.75 Å². The van der Waals surface area contributed by atoms with Crippen molar-refractivity contribution in [3.63, 3.8) is 0 Å². The summed E-state index contributed by atoms with van der Waals surface area (Å²) < 4.78 is 39.9. The third-order valence-electron chi connectivity index (χ3n) is 7.77. The van der Waals surface area contributed by atoms with Crippen molar-refractivity contribution < 1.29 is 32.3 Å². The number of carbonyl (C=O) groups excluding carboxylic acids is 3. The lowest BCUT2D eigenvalue weighted by molar-refractivity contribution is -0.152. The Balaban J connectivity index is 1.62. The molecule has 2 aromatic rings.